The summed E-state index contributed by atoms with van der Waals surface area (Å²) in [6.45, 7) is 3.78. The van der Waals surface area contributed by atoms with E-state index in [0.717, 1.165) is 23.2 Å². The molecule has 0 unspecified atom stereocenters. The highest BCUT2D eigenvalue weighted by Gasteiger charge is 2.29. The first-order chi connectivity index (χ1) is 11.1. The van der Waals surface area contributed by atoms with Crippen molar-refractivity contribution >= 4 is 11.7 Å². The van der Waals surface area contributed by atoms with Gasteiger partial charge in [-0.1, -0.05) is 24.3 Å². The van der Waals surface area contributed by atoms with Crippen LogP contribution >= 0.6 is 0 Å². The molecule has 1 aromatic carbocycles. The maximum absolute atomic E-state index is 12.4. The van der Waals surface area contributed by atoms with Gasteiger partial charge in [0.05, 0.1) is 23.5 Å². The third-order valence-electron chi connectivity index (χ3n) is 4.36. The van der Waals surface area contributed by atoms with Gasteiger partial charge < -0.3 is 15.7 Å². The number of hydrogen-bond donors (Lipinski definition) is 3. The van der Waals surface area contributed by atoms with Gasteiger partial charge in [0.15, 0.2) is 0 Å². The molecule has 3 rings (SSSR count). The number of aryl methyl sites for hydroxylation is 3. The molecule has 3 N–H and O–H groups in total. The summed E-state index contributed by atoms with van der Waals surface area (Å²) in [5.41, 5.74) is 4.60. The average Bonchev–Trinajstić information content (AvgIpc) is 2.54. The molecule has 2 atom stereocenters. The van der Waals surface area contributed by atoms with Crippen LogP contribution in [0.5, 0.6) is 0 Å². The second-order valence-corrected chi connectivity index (χ2v) is 5.97. The SMILES string of the molecule is Cc1ccnc(C)c1NC(=O)N[C@H]1c2ccccc2CC[C@H]1O. The van der Waals surface area contributed by atoms with Gasteiger partial charge in [0, 0.05) is 6.20 Å². The molecular weight excluding hydrogens is 290 g/mol. The summed E-state index contributed by atoms with van der Waals surface area (Å²) in [4.78, 5) is 16.6. The Morgan fingerprint density at radius 3 is 2.83 bits per heavy atom. The van der Waals surface area contributed by atoms with Crippen LogP contribution < -0.4 is 10.6 Å². The Labute approximate surface area is 135 Å². The van der Waals surface area contributed by atoms with E-state index in [0.29, 0.717) is 12.1 Å². The molecule has 0 saturated heterocycles. The van der Waals surface area contributed by atoms with Gasteiger partial charge in [0.1, 0.15) is 0 Å². The minimum Gasteiger partial charge on any atom is -0.391 e. The van der Waals surface area contributed by atoms with E-state index >= 15 is 0 Å². The molecule has 5 nitrogen and oxygen atoms in total. The number of urea groups is 1. The first kappa shape index (κ1) is 15.5. The van der Waals surface area contributed by atoms with E-state index in [4.69, 9.17) is 0 Å². The van der Waals surface area contributed by atoms with Crippen molar-refractivity contribution in [2.45, 2.75) is 38.8 Å². The first-order valence-corrected chi connectivity index (χ1v) is 7.82. The Kier molecular flexibility index (Phi) is 4.30. The number of carbonyl (C=O) groups is 1. The second-order valence-electron chi connectivity index (χ2n) is 5.97. The summed E-state index contributed by atoms with van der Waals surface area (Å²) in [7, 11) is 0. The molecule has 2 aromatic rings. The molecule has 5 heteroatoms. The number of aromatic nitrogens is 1. The molecule has 0 fully saturated rings. The Morgan fingerprint density at radius 1 is 1.26 bits per heavy atom. The molecule has 0 saturated carbocycles. The van der Waals surface area contributed by atoms with Crippen LogP contribution in [-0.4, -0.2) is 22.2 Å². The van der Waals surface area contributed by atoms with Gasteiger partial charge in [-0.25, -0.2) is 4.79 Å². The highest BCUT2D eigenvalue weighted by Crippen LogP contribution is 2.30. The normalized spacial score (nSPS) is 19.8. The van der Waals surface area contributed by atoms with Gasteiger partial charge in [-0.3, -0.25) is 4.98 Å². The number of nitrogens with one attached hydrogen (secondary N) is 2. The van der Waals surface area contributed by atoms with Crippen LogP contribution in [0.3, 0.4) is 0 Å². The molecule has 0 bridgehead atoms. The van der Waals surface area contributed by atoms with Gasteiger partial charge in [0.25, 0.3) is 0 Å². The number of anilines is 1. The minimum absolute atomic E-state index is 0.329. The Morgan fingerprint density at radius 2 is 2.04 bits per heavy atom. The van der Waals surface area contributed by atoms with Gasteiger partial charge in [0.2, 0.25) is 0 Å². The maximum Gasteiger partial charge on any atom is 0.319 e. The van der Waals surface area contributed by atoms with E-state index in [1.54, 1.807) is 6.20 Å². The van der Waals surface area contributed by atoms with E-state index in [2.05, 4.69) is 15.6 Å². The molecule has 0 radical (unpaired) electrons. The minimum atomic E-state index is -0.577. The fourth-order valence-electron chi connectivity index (χ4n) is 3.09. The van der Waals surface area contributed by atoms with Crippen molar-refractivity contribution in [2.24, 2.45) is 0 Å². The molecule has 0 spiro atoms. The van der Waals surface area contributed by atoms with Crippen LogP contribution in [0.4, 0.5) is 10.5 Å². The van der Waals surface area contributed by atoms with Crippen LogP contribution in [-0.2, 0) is 6.42 Å². The fourth-order valence-corrected chi connectivity index (χ4v) is 3.09. The molecule has 1 aliphatic carbocycles. The quantitative estimate of drug-likeness (QED) is 0.798. The van der Waals surface area contributed by atoms with E-state index in [1.165, 1.54) is 5.56 Å². The lowest BCUT2D eigenvalue weighted by atomic mass is 9.86. The van der Waals surface area contributed by atoms with Crippen molar-refractivity contribution < 1.29 is 9.90 Å². The second kappa shape index (κ2) is 6.38. The highest BCUT2D eigenvalue weighted by molar-refractivity contribution is 5.91. The average molecular weight is 311 g/mol. The molecule has 0 aliphatic heterocycles. The number of pyridine rings is 1. The van der Waals surface area contributed by atoms with Crippen molar-refractivity contribution in [3.8, 4) is 0 Å². The molecule has 1 heterocycles. The summed E-state index contributed by atoms with van der Waals surface area (Å²) in [6, 6.07) is 9.05. The van der Waals surface area contributed by atoms with E-state index in [-0.39, 0.29) is 6.03 Å². The van der Waals surface area contributed by atoms with E-state index in [1.807, 2.05) is 44.2 Å². The van der Waals surface area contributed by atoms with Crippen molar-refractivity contribution in [3.05, 3.63) is 58.9 Å². The summed E-state index contributed by atoms with van der Waals surface area (Å²) in [5, 5.41) is 16.0. The third kappa shape index (κ3) is 3.19. The van der Waals surface area contributed by atoms with Crippen LogP contribution in [0.25, 0.3) is 0 Å². The number of aliphatic hydroxyl groups is 1. The van der Waals surface area contributed by atoms with E-state index in [9.17, 15) is 9.90 Å². The number of aliphatic hydroxyl groups excluding tert-OH is 1. The Bertz CT molecular complexity index is 710. The zero-order valence-corrected chi connectivity index (χ0v) is 13.3. The van der Waals surface area contributed by atoms with Crippen LogP contribution in [0.15, 0.2) is 36.5 Å². The fraction of sp³-hybridized carbons (Fsp3) is 0.333. The molecular formula is C18H21N3O2. The number of amides is 2. The van der Waals surface area contributed by atoms with Crippen LogP contribution in [0.1, 0.15) is 34.8 Å². The maximum atomic E-state index is 12.4. The lowest BCUT2D eigenvalue weighted by Gasteiger charge is -2.31. The summed E-state index contributed by atoms with van der Waals surface area (Å²) in [5.74, 6) is 0. The molecule has 1 aromatic heterocycles. The van der Waals surface area contributed by atoms with Crippen LogP contribution in [0.2, 0.25) is 0 Å². The molecule has 2 amide bonds. The molecule has 120 valence electrons. The monoisotopic (exact) mass is 311 g/mol. The molecule has 23 heavy (non-hydrogen) atoms. The van der Waals surface area contributed by atoms with Gasteiger partial charge >= 0.3 is 6.03 Å². The largest absolute Gasteiger partial charge is 0.391 e. The zero-order valence-electron chi connectivity index (χ0n) is 13.3. The summed E-state index contributed by atoms with van der Waals surface area (Å²) >= 11 is 0. The first-order valence-electron chi connectivity index (χ1n) is 7.82. The predicted molar refractivity (Wildman–Crippen MR) is 89.4 cm³/mol. The van der Waals surface area contributed by atoms with Crippen molar-refractivity contribution in [2.75, 3.05) is 5.32 Å². The summed E-state index contributed by atoms with van der Waals surface area (Å²) in [6.07, 6.45) is 2.62. The van der Waals surface area contributed by atoms with Crippen molar-refractivity contribution in [3.63, 3.8) is 0 Å². The number of rotatable bonds is 2. The van der Waals surface area contributed by atoms with Gasteiger partial charge in [-0.15, -0.1) is 0 Å². The lowest BCUT2D eigenvalue weighted by molar-refractivity contribution is 0.114. The van der Waals surface area contributed by atoms with E-state index < -0.39 is 12.1 Å². The number of carbonyl (C=O) groups excluding carboxylic acids is 1. The number of nitrogens with zero attached hydrogens (tertiary/aromatic N) is 1. The Hall–Kier alpha value is -2.40. The zero-order chi connectivity index (χ0) is 16.4. The molecule has 1 aliphatic rings. The highest BCUT2D eigenvalue weighted by atomic mass is 16.3. The Balaban J connectivity index is 1.78. The van der Waals surface area contributed by atoms with Crippen molar-refractivity contribution in [1.29, 1.82) is 0 Å². The third-order valence-corrected chi connectivity index (χ3v) is 4.36. The number of hydrogen-bond acceptors (Lipinski definition) is 3. The predicted octanol–water partition coefficient (Wildman–Crippen LogP) is 2.87. The topological polar surface area (TPSA) is 74.2 Å². The smallest absolute Gasteiger partial charge is 0.319 e. The number of benzene rings is 1. The van der Waals surface area contributed by atoms with Crippen molar-refractivity contribution in [1.82, 2.24) is 10.3 Å². The number of fused-ring (bicyclic) bond motifs is 1. The van der Waals surface area contributed by atoms with Gasteiger partial charge in [-0.05, 0) is 49.4 Å². The standard InChI is InChI=1S/C18H21N3O2/c1-11-9-10-19-12(2)16(11)20-18(23)21-17-14-6-4-3-5-13(14)7-8-15(17)22/h3-6,9-10,15,17,22H,7-8H2,1-2H3,(H2,20,21,23)/t15-,17+/m1/s1. The van der Waals surface area contributed by atoms with Crippen LogP contribution in [0, 0.1) is 13.8 Å². The summed E-state index contributed by atoms with van der Waals surface area (Å²) < 4.78 is 0. The lowest BCUT2D eigenvalue weighted by Crippen LogP contribution is -2.41. The van der Waals surface area contributed by atoms with Gasteiger partial charge in [-0.2, -0.15) is 0 Å².